The summed E-state index contributed by atoms with van der Waals surface area (Å²) in [4.78, 5) is 10.5. The SMILES string of the molecule is CC(=O)[O][Hg][c]1ccccc1.[NaH]. The topological polar surface area (TPSA) is 26.3 Å². The van der Waals surface area contributed by atoms with Crippen LogP contribution in [-0.2, 0) is 32.5 Å². The molecule has 0 unspecified atom stereocenters. The van der Waals surface area contributed by atoms with Crippen LogP contribution in [0.5, 0.6) is 0 Å². The van der Waals surface area contributed by atoms with Crippen LogP contribution in [0.4, 0.5) is 0 Å². The molecule has 0 saturated heterocycles. The average molecular weight is 361 g/mol. The molecule has 1 aromatic rings. The third kappa shape index (κ3) is 5.30. The Labute approximate surface area is 107 Å². The molecule has 1 aromatic carbocycles. The van der Waals surface area contributed by atoms with E-state index < -0.39 is 25.0 Å². The molecule has 1 rings (SSSR count). The first kappa shape index (κ1) is 12.6. The van der Waals surface area contributed by atoms with Crippen LogP contribution < -0.4 is 3.07 Å². The summed E-state index contributed by atoms with van der Waals surface area (Å²) < 4.78 is 6.25. The average Bonchev–Trinajstić information content (AvgIpc) is 2.03. The van der Waals surface area contributed by atoms with Crippen molar-refractivity contribution in [2.75, 3.05) is 0 Å². The number of benzene rings is 1. The molecule has 0 bridgehead atoms. The summed E-state index contributed by atoms with van der Waals surface area (Å²) in [6.07, 6.45) is 0. The van der Waals surface area contributed by atoms with Crippen LogP contribution in [0.3, 0.4) is 0 Å². The molecule has 0 aliphatic rings. The molecule has 0 N–H and O–H groups in total. The standard InChI is InChI=1S/C6H5.C2H4O2.Hg.Na.H/c1-2-4-6-5-3-1;1-2(3)4;;;/h1-5H;1H3,(H,3,4);;;/q;;+1;;/p-1. The molecule has 56 valence electrons. The van der Waals surface area contributed by atoms with E-state index in [0.29, 0.717) is 0 Å². The summed E-state index contributed by atoms with van der Waals surface area (Å²) in [6.45, 7) is 1.46. The Balaban J connectivity index is 0.00000121. The van der Waals surface area contributed by atoms with Gasteiger partial charge in [0.2, 0.25) is 0 Å². The minimum absolute atomic E-state index is 0. The molecule has 0 heterocycles. The molecule has 0 radical (unpaired) electrons. The van der Waals surface area contributed by atoms with Gasteiger partial charge in [-0.05, 0) is 0 Å². The fourth-order valence-electron chi connectivity index (χ4n) is 0.759. The van der Waals surface area contributed by atoms with Crippen LogP contribution >= 0.6 is 0 Å². The zero-order chi connectivity index (χ0) is 8.10. The van der Waals surface area contributed by atoms with Crippen LogP contribution in [0, 0.1) is 0 Å². The van der Waals surface area contributed by atoms with Crippen molar-refractivity contribution in [1.29, 1.82) is 0 Å². The summed E-state index contributed by atoms with van der Waals surface area (Å²) in [6, 6.07) is 9.94. The van der Waals surface area contributed by atoms with Gasteiger partial charge in [-0.25, -0.2) is 0 Å². The van der Waals surface area contributed by atoms with E-state index in [1.54, 1.807) is 0 Å². The molecule has 0 amide bonds. The number of carbonyl (C=O) groups is 1. The predicted octanol–water partition coefficient (Wildman–Crippen LogP) is 0.224. The van der Waals surface area contributed by atoms with E-state index >= 15 is 0 Å². The molecule has 0 saturated carbocycles. The fourth-order valence-corrected chi connectivity index (χ4v) is 4.00. The summed E-state index contributed by atoms with van der Waals surface area (Å²) in [5.74, 6) is -0.143. The second-order valence-corrected chi connectivity index (χ2v) is 7.68. The van der Waals surface area contributed by atoms with Crippen molar-refractivity contribution in [3.05, 3.63) is 30.3 Å². The summed E-state index contributed by atoms with van der Waals surface area (Å²) >= 11 is -1.52. The molecule has 0 aliphatic carbocycles. The van der Waals surface area contributed by atoms with Gasteiger partial charge in [-0.1, -0.05) is 0 Å². The van der Waals surface area contributed by atoms with Crippen molar-refractivity contribution >= 4 is 38.6 Å². The van der Waals surface area contributed by atoms with Gasteiger partial charge in [-0.3, -0.25) is 0 Å². The van der Waals surface area contributed by atoms with Gasteiger partial charge in [-0.15, -0.1) is 0 Å². The first-order valence-corrected chi connectivity index (χ1v) is 8.45. The van der Waals surface area contributed by atoms with Gasteiger partial charge >= 0.3 is 108 Å². The van der Waals surface area contributed by atoms with Crippen LogP contribution in [0.25, 0.3) is 0 Å². The molecular weight excluding hydrogens is 352 g/mol. The second-order valence-electron chi connectivity index (χ2n) is 2.27. The van der Waals surface area contributed by atoms with Crippen molar-refractivity contribution < 1.29 is 32.5 Å². The summed E-state index contributed by atoms with van der Waals surface area (Å²) in [5, 5.41) is 0. The van der Waals surface area contributed by atoms with Crippen molar-refractivity contribution in [3.8, 4) is 0 Å². The summed E-state index contributed by atoms with van der Waals surface area (Å²) in [7, 11) is 0. The molecule has 12 heavy (non-hydrogen) atoms. The van der Waals surface area contributed by atoms with Gasteiger partial charge in [-0.2, -0.15) is 0 Å². The molecule has 0 aromatic heterocycles. The molecule has 0 fully saturated rings. The van der Waals surface area contributed by atoms with Gasteiger partial charge in [0.15, 0.2) is 0 Å². The quantitative estimate of drug-likeness (QED) is 0.706. The maximum absolute atomic E-state index is 10.5. The Morgan fingerprint density at radius 2 is 1.92 bits per heavy atom. The Hall–Kier alpha value is 0.625. The van der Waals surface area contributed by atoms with Crippen molar-refractivity contribution in [3.63, 3.8) is 0 Å². The number of rotatable bonds is 2. The van der Waals surface area contributed by atoms with Gasteiger partial charge < -0.3 is 0 Å². The summed E-state index contributed by atoms with van der Waals surface area (Å²) in [5.41, 5.74) is 0. The number of hydrogen-bond donors (Lipinski definition) is 0. The Morgan fingerprint density at radius 1 is 1.33 bits per heavy atom. The van der Waals surface area contributed by atoms with E-state index in [0.717, 1.165) is 0 Å². The van der Waals surface area contributed by atoms with E-state index in [-0.39, 0.29) is 35.5 Å². The third-order valence-corrected chi connectivity index (χ3v) is 6.55. The molecule has 0 atom stereocenters. The third-order valence-electron chi connectivity index (χ3n) is 1.28. The fraction of sp³-hybridized carbons (Fsp3) is 0.125. The van der Waals surface area contributed by atoms with E-state index in [4.69, 9.17) is 2.64 Å². The Bertz CT molecular complexity index is 238. The Morgan fingerprint density at radius 3 is 2.42 bits per heavy atom. The van der Waals surface area contributed by atoms with Crippen LogP contribution in [0.15, 0.2) is 30.3 Å². The van der Waals surface area contributed by atoms with Crippen LogP contribution in [0.1, 0.15) is 6.92 Å². The van der Waals surface area contributed by atoms with Gasteiger partial charge in [0.1, 0.15) is 0 Å². The molecule has 4 heteroatoms. The second kappa shape index (κ2) is 7.07. The van der Waals surface area contributed by atoms with Crippen molar-refractivity contribution in [2.45, 2.75) is 6.92 Å². The molecular formula is C8H9HgNaO2. The van der Waals surface area contributed by atoms with E-state index in [2.05, 4.69) is 0 Å². The van der Waals surface area contributed by atoms with Gasteiger partial charge in [0, 0.05) is 0 Å². The molecule has 0 aliphatic heterocycles. The number of hydrogen-bond acceptors (Lipinski definition) is 2. The van der Waals surface area contributed by atoms with Crippen LogP contribution in [0.2, 0.25) is 0 Å². The normalized spacial score (nSPS) is 7.75. The van der Waals surface area contributed by atoms with Gasteiger partial charge in [0.05, 0.1) is 0 Å². The van der Waals surface area contributed by atoms with Crippen molar-refractivity contribution in [1.82, 2.24) is 0 Å². The zero-order valence-electron chi connectivity index (χ0n) is 6.41. The van der Waals surface area contributed by atoms with E-state index in [1.165, 1.54) is 10.00 Å². The molecule has 2 nitrogen and oxygen atoms in total. The van der Waals surface area contributed by atoms with Crippen LogP contribution in [-0.4, -0.2) is 35.5 Å². The molecule has 0 spiro atoms. The van der Waals surface area contributed by atoms with E-state index in [9.17, 15) is 4.79 Å². The Kier molecular flexibility index (Phi) is 7.44. The van der Waals surface area contributed by atoms with Gasteiger partial charge in [0.25, 0.3) is 0 Å². The maximum atomic E-state index is 10.5. The minimum atomic E-state index is -1.52. The first-order valence-electron chi connectivity index (χ1n) is 3.46. The van der Waals surface area contributed by atoms with E-state index in [1.807, 2.05) is 30.3 Å². The zero-order valence-corrected chi connectivity index (χ0v) is 11.9. The first-order chi connectivity index (χ1) is 5.29. The monoisotopic (exact) mass is 362 g/mol. The predicted molar refractivity (Wildman–Crippen MR) is 45.0 cm³/mol. The number of carbonyl (C=O) groups excluding carboxylic acids is 1. The van der Waals surface area contributed by atoms with Crippen molar-refractivity contribution in [2.24, 2.45) is 0 Å².